The predicted molar refractivity (Wildman–Crippen MR) is 49.2 cm³/mol. The van der Waals surface area contributed by atoms with Crippen molar-refractivity contribution in [2.24, 2.45) is 0 Å². The first-order valence-corrected chi connectivity index (χ1v) is 4.39. The number of rotatable bonds is 1. The second-order valence-corrected chi connectivity index (χ2v) is 3.97. The average molecular weight is 162 g/mol. The zero-order valence-corrected chi connectivity index (χ0v) is 7.54. The predicted octanol–water partition coefficient (Wildman–Crippen LogP) is 2.23. The molecule has 1 nitrogen and oxygen atoms in total. The van der Waals surface area contributed by atoms with Crippen LogP contribution in [0.4, 0.5) is 0 Å². The number of benzene rings is 1. The normalized spacial score (nSPS) is 33.4. The third-order valence-corrected chi connectivity index (χ3v) is 2.77. The highest BCUT2D eigenvalue weighted by atomic mass is 16.3. The van der Waals surface area contributed by atoms with Crippen molar-refractivity contribution in [1.29, 1.82) is 0 Å². The van der Waals surface area contributed by atoms with Crippen LogP contribution < -0.4 is 0 Å². The van der Waals surface area contributed by atoms with Crippen molar-refractivity contribution in [3.05, 3.63) is 35.4 Å². The van der Waals surface area contributed by atoms with Crippen molar-refractivity contribution >= 4 is 0 Å². The summed E-state index contributed by atoms with van der Waals surface area (Å²) >= 11 is 0. The number of hydrogen-bond acceptors (Lipinski definition) is 1. The molecule has 1 heteroatoms. The molecule has 1 fully saturated rings. The fourth-order valence-corrected chi connectivity index (χ4v) is 1.78. The topological polar surface area (TPSA) is 20.2 Å². The molecule has 0 spiro atoms. The standard InChI is InChI=1S/C11H14O/c1-8-5-3-4-6-9(8)10-7-11(10,2)12/h3-6,10,12H,7H2,1-2H3. The van der Waals surface area contributed by atoms with Crippen molar-refractivity contribution in [2.45, 2.75) is 31.8 Å². The summed E-state index contributed by atoms with van der Waals surface area (Å²) in [6, 6.07) is 8.29. The molecule has 0 radical (unpaired) electrons. The smallest absolute Gasteiger partial charge is 0.0696 e. The summed E-state index contributed by atoms with van der Waals surface area (Å²) in [5, 5.41) is 9.67. The van der Waals surface area contributed by atoms with Crippen LogP contribution in [0.2, 0.25) is 0 Å². The summed E-state index contributed by atoms with van der Waals surface area (Å²) in [6.07, 6.45) is 0.915. The molecule has 1 aliphatic rings. The van der Waals surface area contributed by atoms with Gasteiger partial charge in [-0.15, -0.1) is 0 Å². The van der Waals surface area contributed by atoms with Crippen LogP contribution in [0.5, 0.6) is 0 Å². The van der Waals surface area contributed by atoms with Crippen LogP contribution in [0, 0.1) is 6.92 Å². The van der Waals surface area contributed by atoms with Crippen LogP contribution in [0.3, 0.4) is 0 Å². The highest BCUT2D eigenvalue weighted by molar-refractivity contribution is 5.36. The molecule has 1 aliphatic carbocycles. The molecule has 0 aromatic heterocycles. The first kappa shape index (κ1) is 7.81. The second kappa shape index (κ2) is 2.33. The molecule has 0 aliphatic heterocycles. The fraction of sp³-hybridized carbons (Fsp3) is 0.455. The molecule has 64 valence electrons. The molecule has 1 N–H and O–H groups in total. The van der Waals surface area contributed by atoms with Gasteiger partial charge in [0.2, 0.25) is 0 Å². The molecule has 0 saturated heterocycles. The molecule has 1 aromatic carbocycles. The Hall–Kier alpha value is -0.820. The lowest BCUT2D eigenvalue weighted by atomic mass is 10.0. The maximum Gasteiger partial charge on any atom is 0.0696 e. The minimum Gasteiger partial charge on any atom is -0.390 e. The van der Waals surface area contributed by atoms with Gasteiger partial charge in [0, 0.05) is 5.92 Å². The summed E-state index contributed by atoms with van der Waals surface area (Å²) in [7, 11) is 0. The van der Waals surface area contributed by atoms with Crippen molar-refractivity contribution in [3.63, 3.8) is 0 Å². The van der Waals surface area contributed by atoms with Gasteiger partial charge in [0.25, 0.3) is 0 Å². The van der Waals surface area contributed by atoms with E-state index in [1.54, 1.807) is 0 Å². The van der Waals surface area contributed by atoms with Crippen LogP contribution in [-0.2, 0) is 0 Å². The molecule has 1 aromatic rings. The Bertz CT molecular complexity index is 302. The zero-order chi connectivity index (χ0) is 8.77. The van der Waals surface area contributed by atoms with E-state index in [1.807, 2.05) is 19.1 Å². The first-order valence-electron chi connectivity index (χ1n) is 4.39. The van der Waals surface area contributed by atoms with Gasteiger partial charge in [-0.1, -0.05) is 24.3 Å². The Morgan fingerprint density at radius 2 is 2.00 bits per heavy atom. The summed E-state index contributed by atoms with van der Waals surface area (Å²) in [4.78, 5) is 0. The lowest BCUT2D eigenvalue weighted by Crippen LogP contribution is -2.03. The van der Waals surface area contributed by atoms with E-state index in [2.05, 4.69) is 19.1 Å². The SMILES string of the molecule is Cc1ccccc1C1CC1(C)O. The van der Waals surface area contributed by atoms with E-state index in [1.165, 1.54) is 11.1 Å². The van der Waals surface area contributed by atoms with Crippen molar-refractivity contribution in [3.8, 4) is 0 Å². The third kappa shape index (κ3) is 1.14. The lowest BCUT2D eigenvalue weighted by molar-refractivity contribution is 0.164. The minimum absolute atomic E-state index is 0.374. The summed E-state index contributed by atoms with van der Waals surface area (Å²) in [5.74, 6) is 0.374. The third-order valence-electron chi connectivity index (χ3n) is 2.77. The van der Waals surface area contributed by atoms with Gasteiger partial charge < -0.3 is 5.11 Å². The monoisotopic (exact) mass is 162 g/mol. The highest BCUT2D eigenvalue weighted by Crippen LogP contribution is 2.51. The van der Waals surface area contributed by atoms with Gasteiger partial charge in [-0.25, -0.2) is 0 Å². The van der Waals surface area contributed by atoms with Gasteiger partial charge in [-0.3, -0.25) is 0 Å². The number of aryl methyl sites for hydroxylation is 1. The molecular weight excluding hydrogens is 148 g/mol. The lowest BCUT2D eigenvalue weighted by Gasteiger charge is -2.05. The number of hydrogen-bond donors (Lipinski definition) is 1. The zero-order valence-electron chi connectivity index (χ0n) is 7.54. The molecule has 2 rings (SSSR count). The van der Waals surface area contributed by atoms with Gasteiger partial charge in [0.05, 0.1) is 5.60 Å². The van der Waals surface area contributed by atoms with E-state index in [0.717, 1.165) is 6.42 Å². The molecule has 12 heavy (non-hydrogen) atoms. The Kier molecular flexibility index (Phi) is 1.52. The quantitative estimate of drug-likeness (QED) is 0.671. The minimum atomic E-state index is -0.438. The maximum atomic E-state index is 9.67. The molecular formula is C11H14O. The van der Waals surface area contributed by atoms with Crippen LogP contribution in [0.15, 0.2) is 24.3 Å². The summed E-state index contributed by atoms with van der Waals surface area (Å²) in [5.41, 5.74) is 2.16. The van der Waals surface area contributed by atoms with Gasteiger partial charge >= 0.3 is 0 Å². The molecule has 0 bridgehead atoms. The van der Waals surface area contributed by atoms with E-state index < -0.39 is 5.60 Å². The second-order valence-electron chi connectivity index (χ2n) is 3.97. The highest BCUT2D eigenvalue weighted by Gasteiger charge is 2.49. The molecule has 0 heterocycles. The van der Waals surface area contributed by atoms with Gasteiger partial charge in [-0.05, 0) is 31.4 Å². The van der Waals surface area contributed by atoms with Crippen molar-refractivity contribution < 1.29 is 5.11 Å². The van der Waals surface area contributed by atoms with Crippen LogP contribution in [0.25, 0.3) is 0 Å². The van der Waals surface area contributed by atoms with Gasteiger partial charge in [0.15, 0.2) is 0 Å². The summed E-state index contributed by atoms with van der Waals surface area (Å²) in [6.45, 7) is 4.01. The molecule has 2 unspecified atom stereocenters. The molecule has 2 atom stereocenters. The average Bonchev–Trinajstić information content (AvgIpc) is 2.61. The van der Waals surface area contributed by atoms with Crippen molar-refractivity contribution in [1.82, 2.24) is 0 Å². The Morgan fingerprint density at radius 1 is 1.42 bits per heavy atom. The largest absolute Gasteiger partial charge is 0.390 e. The summed E-state index contributed by atoms with van der Waals surface area (Å²) < 4.78 is 0. The maximum absolute atomic E-state index is 9.67. The Morgan fingerprint density at radius 3 is 2.50 bits per heavy atom. The first-order chi connectivity index (χ1) is 5.61. The van der Waals surface area contributed by atoms with Crippen LogP contribution >= 0.6 is 0 Å². The van der Waals surface area contributed by atoms with E-state index in [4.69, 9.17) is 0 Å². The van der Waals surface area contributed by atoms with E-state index in [0.29, 0.717) is 5.92 Å². The number of aliphatic hydroxyl groups is 1. The Balaban J connectivity index is 2.31. The van der Waals surface area contributed by atoms with Gasteiger partial charge in [0.1, 0.15) is 0 Å². The van der Waals surface area contributed by atoms with Gasteiger partial charge in [-0.2, -0.15) is 0 Å². The van der Waals surface area contributed by atoms with Crippen molar-refractivity contribution in [2.75, 3.05) is 0 Å². The fourth-order valence-electron chi connectivity index (χ4n) is 1.78. The van der Waals surface area contributed by atoms with Crippen LogP contribution in [0.1, 0.15) is 30.4 Å². The van der Waals surface area contributed by atoms with E-state index >= 15 is 0 Å². The molecule has 0 amide bonds. The van der Waals surface area contributed by atoms with Crippen LogP contribution in [-0.4, -0.2) is 10.7 Å². The Labute approximate surface area is 73.0 Å². The van der Waals surface area contributed by atoms with E-state index in [-0.39, 0.29) is 0 Å². The van der Waals surface area contributed by atoms with E-state index in [9.17, 15) is 5.11 Å². The molecule has 1 saturated carbocycles.